The van der Waals surface area contributed by atoms with Gasteiger partial charge in [-0.2, -0.15) is 0 Å². The van der Waals surface area contributed by atoms with Gasteiger partial charge in [0.2, 0.25) is 0 Å². The monoisotopic (exact) mass is 395 g/mol. The number of hydrogen-bond donors (Lipinski definition) is 1. The molecule has 1 aliphatic rings. The third-order valence-corrected chi connectivity index (χ3v) is 5.14. The number of hydrogen-bond acceptors (Lipinski definition) is 4. The first kappa shape index (κ1) is 18.5. The summed E-state index contributed by atoms with van der Waals surface area (Å²) < 4.78 is 7.24. The van der Waals surface area contributed by atoms with Crippen LogP contribution in [0, 0.1) is 0 Å². The predicted molar refractivity (Wildman–Crippen MR) is 106 cm³/mol. The maximum absolute atomic E-state index is 12.9. The fourth-order valence-electron chi connectivity index (χ4n) is 3.48. The zero-order valence-electron chi connectivity index (χ0n) is 14.9. The molecule has 1 aliphatic heterocycles. The predicted octanol–water partition coefficient (Wildman–Crippen LogP) is 3.47. The van der Waals surface area contributed by atoms with Crippen LogP contribution in [0.25, 0.3) is 0 Å². The molecule has 0 fully saturated rings. The SMILES string of the molecule is O=C(c1ccc(Cl)cc1)c1ccc2c(c1)[C@@H](n1ccccc1=O)[C@H](O)CCO2. The lowest BCUT2D eigenvalue weighted by molar-refractivity contribution is 0.103. The number of nitrogens with zero attached hydrogens (tertiary/aromatic N) is 1. The first-order chi connectivity index (χ1) is 13.5. The quantitative estimate of drug-likeness (QED) is 0.689. The average molecular weight is 396 g/mol. The van der Waals surface area contributed by atoms with Gasteiger partial charge >= 0.3 is 0 Å². The average Bonchev–Trinajstić information content (AvgIpc) is 2.86. The highest BCUT2D eigenvalue weighted by Crippen LogP contribution is 2.35. The Morgan fingerprint density at radius 2 is 1.82 bits per heavy atom. The van der Waals surface area contributed by atoms with E-state index in [1.54, 1.807) is 60.8 Å². The number of aromatic nitrogens is 1. The number of ketones is 1. The summed E-state index contributed by atoms with van der Waals surface area (Å²) in [6, 6.07) is 16.0. The van der Waals surface area contributed by atoms with E-state index in [2.05, 4.69) is 0 Å². The number of carbonyl (C=O) groups excluding carboxylic acids is 1. The lowest BCUT2D eigenvalue weighted by atomic mass is 9.94. The summed E-state index contributed by atoms with van der Waals surface area (Å²) >= 11 is 5.91. The number of fused-ring (bicyclic) bond motifs is 1. The van der Waals surface area contributed by atoms with Crippen LogP contribution in [0.2, 0.25) is 5.02 Å². The molecule has 2 heterocycles. The number of pyridine rings is 1. The van der Waals surface area contributed by atoms with Crippen molar-refractivity contribution >= 4 is 17.4 Å². The van der Waals surface area contributed by atoms with Gasteiger partial charge in [-0.25, -0.2) is 0 Å². The largest absolute Gasteiger partial charge is 0.493 e. The molecule has 142 valence electrons. The molecule has 4 rings (SSSR count). The van der Waals surface area contributed by atoms with Crippen LogP contribution in [0.15, 0.2) is 71.7 Å². The molecule has 0 aliphatic carbocycles. The summed E-state index contributed by atoms with van der Waals surface area (Å²) in [4.78, 5) is 25.3. The van der Waals surface area contributed by atoms with Gasteiger partial charge in [0.25, 0.3) is 5.56 Å². The number of rotatable bonds is 3. The van der Waals surface area contributed by atoms with Gasteiger partial charge in [-0.15, -0.1) is 0 Å². The van der Waals surface area contributed by atoms with E-state index < -0.39 is 12.1 Å². The molecular weight excluding hydrogens is 378 g/mol. The van der Waals surface area contributed by atoms with Crippen molar-refractivity contribution in [2.24, 2.45) is 0 Å². The molecule has 0 spiro atoms. The Morgan fingerprint density at radius 3 is 2.57 bits per heavy atom. The number of halogens is 1. The van der Waals surface area contributed by atoms with Gasteiger partial charge in [0.15, 0.2) is 5.78 Å². The standard InChI is InChI=1S/C22H18ClNO4/c23-16-7-4-14(5-8-16)22(27)15-6-9-19-17(13-15)21(18(25)10-12-28-19)24-11-2-1-3-20(24)26/h1-9,11,13,18,21,25H,10,12H2/t18-,21-/m1/s1. The van der Waals surface area contributed by atoms with E-state index in [0.29, 0.717) is 40.5 Å². The van der Waals surface area contributed by atoms with Crippen molar-refractivity contribution in [3.05, 3.63) is 98.9 Å². The Balaban J connectivity index is 1.82. The van der Waals surface area contributed by atoms with Crippen LogP contribution in [0.4, 0.5) is 0 Å². The Morgan fingerprint density at radius 1 is 1.07 bits per heavy atom. The highest BCUT2D eigenvalue weighted by Gasteiger charge is 2.30. The van der Waals surface area contributed by atoms with Crippen molar-refractivity contribution in [2.75, 3.05) is 6.61 Å². The van der Waals surface area contributed by atoms with Crippen molar-refractivity contribution in [1.29, 1.82) is 0 Å². The van der Waals surface area contributed by atoms with Gasteiger partial charge in [0.05, 0.1) is 18.8 Å². The van der Waals surface area contributed by atoms with E-state index in [1.165, 1.54) is 10.6 Å². The number of carbonyl (C=O) groups is 1. The van der Waals surface area contributed by atoms with Gasteiger partial charge in [-0.05, 0) is 48.5 Å². The molecule has 1 aromatic heterocycles. The fraction of sp³-hybridized carbons (Fsp3) is 0.182. The second-order valence-corrected chi connectivity index (χ2v) is 7.12. The maximum atomic E-state index is 12.9. The molecule has 3 aromatic rings. The second kappa shape index (κ2) is 7.62. The topological polar surface area (TPSA) is 68.5 Å². The Hall–Kier alpha value is -2.89. The summed E-state index contributed by atoms with van der Waals surface area (Å²) in [5, 5.41) is 11.3. The molecule has 5 nitrogen and oxygen atoms in total. The Bertz CT molecular complexity index is 1070. The van der Waals surface area contributed by atoms with Crippen LogP contribution in [0.5, 0.6) is 5.75 Å². The smallest absolute Gasteiger partial charge is 0.251 e. The minimum atomic E-state index is -0.817. The van der Waals surface area contributed by atoms with E-state index in [1.807, 2.05) is 0 Å². The minimum absolute atomic E-state index is 0.169. The number of ether oxygens (including phenoxy) is 1. The normalized spacial score (nSPS) is 18.6. The number of aliphatic hydroxyl groups excluding tert-OH is 1. The molecule has 0 radical (unpaired) electrons. The van der Waals surface area contributed by atoms with Crippen molar-refractivity contribution in [3.8, 4) is 5.75 Å². The van der Waals surface area contributed by atoms with E-state index in [0.717, 1.165) is 0 Å². The first-order valence-corrected chi connectivity index (χ1v) is 9.34. The second-order valence-electron chi connectivity index (χ2n) is 6.68. The van der Waals surface area contributed by atoms with Crippen LogP contribution < -0.4 is 10.3 Å². The molecule has 0 saturated carbocycles. The van der Waals surface area contributed by atoms with Crippen molar-refractivity contribution in [3.63, 3.8) is 0 Å². The Labute approximate surface area is 166 Å². The maximum Gasteiger partial charge on any atom is 0.251 e. The van der Waals surface area contributed by atoms with Gasteiger partial charge < -0.3 is 14.4 Å². The lowest BCUT2D eigenvalue weighted by Gasteiger charge is -2.24. The molecule has 2 atom stereocenters. The minimum Gasteiger partial charge on any atom is -0.493 e. The van der Waals surface area contributed by atoms with Crippen LogP contribution in [-0.2, 0) is 0 Å². The molecular formula is C22H18ClNO4. The van der Waals surface area contributed by atoms with E-state index in [9.17, 15) is 14.7 Å². The first-order valence-electron chi connectivity index (χ1n) is 8.97. The summed E-state index contributed by atoms with van der Waals surface area (Å²) in [5.41, 5.74) is 1.34. The Kier molecular flexibility index (Phi) is 5.03. The third kappa shape index (κ3) is 3.46. The number of aliphatic hydroxyl groups is 1. The van der Waals surface area contributed by atoms with E-state index >= 15 is 0 Å². The summed E-state index contributed by atoms with van der Waals surface area (Å²) in [5.74, 6) is 0.391. The zero-order chi connectivity index (χ0) is 19.7. The molecule has 28 heavy (non-hydrogen) atoms. The van der Waals surface area contributed by atoms with Gasteiger partial charge in [0.1, 0.15) is 5.75 Å². The molecule has 1 N–H and O–H groups in total. The molecule has 0 saturated heterocycles. The molecule has 0 bridgehead atoms. The van der Waals surface area contributed by atoms with Gasteiger partial charge in [-0.3, -0.25) is 9.59 Å². The van der Waals surface area contributed by atoms with Crippen molar-refractivity contribution < 1.29 is 14.6 Å². The zero-order valence-corrected chi connectivity index (χ0v) is 15.7. The molecule has 0 unspecified atom stereocenters. The van der Waals surface area contributed by atoms with Crippen LogP contribution in [0.3, 0.4) is 0 Å². The summed E-state index contributed by atoms with van der Waals surface area (Å²) in [7, 11) is 0. The fourth-order valence-corrected chi connectivity index (χ4v) is 3.61. The van der Waals surface area contributed by atoms with E-state index in [-0.39, 0.29) is 11.3 Å². The van der Waals surface area contributed by atoms with Crippen LogP contribution >= 0.6 is 11.6 Å². The number of benzene rings is 2. The van der Waals surface area contributed by atoms with Gasteiger partial charge in [0, 0.05) is 40.4 Å². The highest BCUT2D eigenvalue weighted by atomic mass is 35.5. The van der Waals surface area contributed by atoms with Crippen molar-refractivity contribution in [1.82, 2.24) is 4.57 Å². The van der Waals surface area contributed by atoms with Crippen molar-refractivity contribution in [2.45, 2.75) is 18.6 Å². The molecule has 2 aromatic carbocycles. The highest BCUT2D eigenvalue weighted by molar-refractivity contribution is 6.30. The van der Waals surface area contributed by atoms with Gasteiger partial charge in [-0.1, -0.05) is 17.7 Å². The summed E-state index contributed by atoms with van der Waals surface area (Å²) in [6.45, 7) is 0.330. The lowest BCUT2D eigenvalue weighted by Crippen LogP contribution is -2.32. The third-order valence-electron chi connectivity index (χ3n) is 4.88. The summed E-state index contributed by atoms with van der Waals surface area (Å²) in [6.07, 6.45) is 1.20. The molecule has 0 amide bonds. The van der Waals surface area contributed by atoms with E-state index in [4.69, 9.17) is 16.3 Å². The van der Waals surface area contributed by atoms with Crippen LogP contribution in [-0.4, -0.2) is 28.2 Å². The molecule has 6 heteroatoms. The van der Waals surface area contributed by atoms with Crippen LogP contribution in [0.1, 0.15) is 33.9 Å².